The van der Waals surface area contributed by atoms with Crippen molar-refractivity contribution in [3.8, 4) is 11.5 Å². The molecular formula is C38H44N8O7. The van der Waals surface area contributed by atoms with Gasteiger partial charge >= 0.3 is 0 Å². The summed E-state index contributed by atoms with van der Waals surface area (Å²) >= 11 is 0. The van der Waals surface area contributed by atoms with Gasteiger partial charge in [-0.05, 0) is 48.7 Å². The molecule has 2 bridgehead atoms. The highest BCUT2D eigenvalue weighted by Crippen LogP contribution is 2.31. The van der Waals surface area contributed by atoms with E-state index < -0.39 is 47.4 Å². The minimum absolute atomic E-state index is 0.127. The normalized spacial score (nSPS) is 21.6. The molecule has 53 heavy (non-hydrogen) atoms. The van der Waals surface area contributed by atoms with Gasteiger partial charge in [-0.15, -0.1) is 0 Å². The first-order valence-corrected chi connectivity index (χ1v) is 17.8. The maximum absolute atomic E-state index is 14.1. The van der Waals surface area contributed by atoms with E-state index in [1.165, 1.54) is 6.92 Å². The number of carbonyl (C=O) groups excluding carboxylic acids is 5. The Kier molecular flexibility index (Phi) is 11.2. The quantitative estimate of drug-likeness (QED) is 0.227. The highest BCUT2D eigenvalue weighted by molar-refractivity contribution is 5.96. The lowest BCUT2D eigenvalue weighted by molar-refractivity contribution is -0.143. The molecular weight excluding hydrogens is 680 g/mol. The second-order valence-corrected chi connectivity index (χ2v) is 13.6. The largest absolute Gasteiger partial charge is 0.492 e. The van der Waals surface area contributed by atoms with Crippen LogP contribution in [0, 0.1) is 5.92 Å². The van der Waals surface area contributed by atoms with Gasteiger partial charge in [0, 0.05) is 50.9 Å². The van der Waals surface area contributed by atoms with Gasteiger partial charge in [0.05, 0.1) is 6.54 Å². The molecule has 0 unspecified atom stereocenters. The summed E-state index contributed by atoms with van der Waals surface area (Å²) in [5.74, 6) is -1.41. The van der Waals surface area contributed by atoms with Gasteiger partial charge in [0.25, 0.3) is 11.8 Å². The number of hydrogen-bond donors (Lipinski definition) is 4. The van der Waals surface area contributed by atoms with Crippen molar-refractivity contribution in [2.45, 2.75) is 63.8 Å². The molecule has 7 rings (SSSR count). The molecule has 0 saturated carbocycles. The molecule has 15 heteroatoms. The minimum atomic E-state index is -1.43. The van der Waals surface area contributed by atoms with E-state index in [1.54, 1.807) is 72.1 Å². The van der Waals surface area contributed by atoms with Crippen molar-refractivity contribution >= 4 is 35.3 Å². The van der Waals surface area contributed by atoms with E-state index in [0.717, 1.165) is 5.56 Å². The van der Waals surface area contributed by atoms with Crippen molar-refractivity contribution in [2.24, 2.45) is 5.92 Å². The molecule has 4 aromatic rings. The number of aromatic nitrogens is 3. The van der Waals surface area contributed by atoms with Crippen LogP contribution in [-0.4, -0.2) is 98.8 Å². The fourth-order valence-corrected chi connectivity index (χ4v) is 6.36. The fourth-order valence-electron chi connectivity index (χ4n) is 6.36. The number of rotatable bonds is 4. The molecule has 4 N–H and O–H groups in total. The molecule has 278 valence electrons. The molecule has 1 saturated heterocycles. The average molecular weight is 725 g/mol. The number of piperidine rings is 1. The van der Waals surface area contributed by atoms with Crippen LogP contribution >= 0.6 is 0 Å². The third-order valence-electron chi connectivity index (χ3n) is 9.44. The summed E-state index contributed by atoms with van der Waals surface area (Å²) in [5.41, 5.74) is -0.352. The SMILES string of the molecule is CC(C)[C@H]1NC(=O)[C@@H](C)NC(=O)C2(CCN(C(=O)c3cn4cccnc4n3)CC2)Oc2ccc(cc2)OCCNC(=O)[C@H](Cc2ccccc2)NC1=O. The van der Waals surface area contributed by atoms with Crippen LogP contribution in [0.1, 0.15) is 49.7 Å². The number of hydrogen-bond acceptors (Lipinski definition) is 9. The van der Waals surface area contributed by atoms with E-state index in [9.17, 15) is 24.0 Å². The fraction of sp³-hybridized carbons (Fsp3) is 0.395. The molecule has 0 radical (unpaired) electrons. The van der Waals surface area contributed by atoms with Crippen molar-refractivity contribution in [1.29, 1.82) is 0 Å². The Hall–Kier alpha value is -5.99. The van der Waals surface area contributed by atoms with E-state index in [2.05, 4.69) is 31.2 Å². The van der Waals surface area contributed by atoms with Crippen molar-refractivity contribution in [2.75, 3.05) is 26.2 Å². The lowest BCUT2D eigenvalue weighted by Crippen LogP contribution is -2.62. The van der Waals surface area contributed by atoms with Crippen molar-refractivity contribution in [1.82, 2.24) is 40.5 Å². The molecule has 3 aliphatic heterocycles. The van der Waals surface area contributed by atoms with Gasteiger partial charge in [-0.2, -0.15) is 0 Å². The Bertz CT molecular complexity index is 1910. The first-order chi connectivity index (χ1) is 25.5. The number of carbonyl (C=O) groups is 5. The van der Waals surface area contributed by atoms with E-state index >= 15 is 0 Å². The third-order valence-corrected chi connectivity index (χ3v) is 9.44. The summed E-state index contributed by atoms with van der Waals surface area (Å²) in [6.45, 7) is 5.77. The Morgan fingerprint density at radius 3 is 2.32 bits per heavy atom. The van der Waals surface area contributed by atoms with Crippen LogP contribution in [0.3, 0.4) is 0 Å². The average Bonchev–Trinajstić information content (AvgIpc) is 3.60. The van der Waals surface area contributed by atoms with Crippen LogP contribution in [0.15, 0.2) is 79.3 Å². The number of likely N-dealkylation sites (tertiary alicyclic amines) is 1. The maximum Gasteiger partial charge on any atom is 0.274 e. The van der Waals surface area contributed by atoms with E-state index in [4.69, 9.17) is 9.47 Å². The van der Waals surface area contributed by atoms with Gasteiger partial charge in [-0.25, -0.2) is 9.97 Å². The van der Waals surface area contributed by atoms with Gasteiger partial charge in [0.15, 0.2) is 5.60 Å². The highest BCUT2D eigenvalue weighted by atomic mass is 16.5. The summed E-state index contributed by atoms with van der Waals surface area (Å²) < 4.78 is 13.9. The third kappa shape index (κ3) is 8.73. The number of nitrogens with one attached hydrogen (secondary N) is 4. The molecule has 3 aliphatic rings. The second-order valence-electron chi connectivity index (χ2n) is 13.6. The van der Waals surface area contributed by atoms with Crippen molar-refractivity contribution in [3.63, 3.8) is 0 Å². The zero-order chi connectivity index (χ0) is 37.5. The smallest absolute Gasteiger partial charge is 0.274 e. The Morgan fingerprint density at radius 2 is 1.62 bits per heavy atom. The van der Waals surface area contributed by atoms with Gasteiger partial charge in [-0.3, -0.25) is 28.4 Å². The van der Waals surface area contributed by atoms with Crippen LogP contribution in [0.25, 0.3) is 5.78 Å². The lowest BCUT2D eigenvalue weighted by atomic mass is 9.89. The Balaban J connectivity index is 1.22. The monoisotopic (exact) mass is 724 g/mol. The molecule has 0 aliphatic carbocycles. The van der Waals surface area contributed by atoms with E-state index in [-0.39, 0.29) is 63.0 Å². The zero-order valence-corrected chi connectivity index (χ0v) is 29.9. The highest BCUT2D eigenvalue weighted by Gasteiger charge is 2.46. The first-order valence-electron chi connectivity index (χ1n) is 17.8. The predicted molar refractivity (Wildman–Crippen MR) is 193 cm³/mol. The zero-order valence-electron chi connectivity index (χ0n) is 29.9. The summed E-state index contributed by atoms with van der Waals surface area (Å²) in [6, 6.07) is 14.8. The molecule has 2 aromatic heterocycles. The molecule has 5 heterocycles. The summed E-state index contributed by atoms with van der Waals surface area (Å²) in [4.78, 5) is 78.3. The second kappa shape index (κ2) is 16.1. The van der Waals surface area contributed by atoms with E-state index in [0.29, 0.717) is 17.3 Å². The minimum Gasteiger partial charge on any atom is -0.492 e. The van der Waals surface area contributed by atoms with Crippen LogP contribution in [0.5, 0.6) is 11.5 Å². The number of ether oxygens (including phenoxy) is 2. The van der Waals surface area contributed by atoms with Crippen LogP contribution < -0.4 is 30.7 Å². The van der Waals surface area contributed by atoms with Crippen LogP contribution in [-0.2, 0) is 25.6 Å². The van der Waals surface area contributed by atoms with Crippen molar-refractivity contribution < 1.29 is 33.4 Å². The molecule has 15 nitrogen and oxygen atoms in total. The molecule has 3 atom stereocenters. The van der Waals surface area contributed by atoms with Gasteiger partial charge in [0.1, 0.15) is 41.9 Å². The van der Waals surface area contributed by atoms with Gasteiger partial charge in [0.2, 0.25) is 23.5 Å². The lowest BCUT2D eigenvalue weighted by Gasteiger charge is -2.41. The Morgan fingerprint density at radius 1 is 0.906 bits per heavy atom. The van der Waals surface area contributed by atoms with Crippen LogP contribution in [0.2, 0.25) is 0 Å². The number of benzene rings is 2. The summed E-state index contributed by atoms with van der Waals surface area (Å²) in [7, 11) is 0. The molecule has 1 spiro atoms. The molecule has 5 amide bonds. The maximum atomic E-state index is 14.1. The van der Waals surface area contributed by atoms with E-state index in [1.807, 2.05) is 30.3 Å². The van der Waals surface area contributed by atoms with Crippen molar-refractivity contribution in [3.05, 3.63) is 90.5 Å². The number of imidazole rings is 1. The number of fused-ring (bicyclic) bond motifs is 16. The Labute approximate surface area is 306 Å². The molecule has 2 aromatic carbocycles. The number of amides is 5. The van der Waals surface area contributed by atoms with Crippen LogP contribution in [0.4, 0.5) is 0 Å². The van der Waals surface area contributed by atoms with Gasteiger partial charge < -0.3 is 35.6 Å². The predicted octanol–water partition coefficient (Wildman–Crippen LogP) is 1.66. The standard InChI is InChI=1S/C38H44N8O7/c1-24(2)31-34(49)42-29(22-26-8-5-4-6-9-26)33(48)39-17-21-52-27-10-12-28(13-11-27)53-38(36(51)41-25(3)32(47)44-31)14-19-45(20-15-38)35(50)30-23-46-18-7-16-40-37(46)43-30/h4-13,16,18,23-25,29,31H,14-15,17,19-22H2,1-3H3,(H,39,48)(H,41,51)(H,42,49)(H,44,47)/t25-,29+,31-/m1/s1. The van der Waals surface area contributed by atoms with Gasteiger partial charge in [-0.1, -0.05) is 44.2 Å². The first kappa shape index (κ1) is 36.8. The number of nitrogens with zero attached hydrogens (tertiary/aromatic N) is 4. The summed E-state index contributed by atoms with van der Waals surface area (Å²) in [6.07, 6.45) is 5.45. The molecule has 1 fully saturated rings. The summed E-state index contributed by atoms with van der Waals surface area (Å²) in [5, 5.41) is 11.2. The topological polar surface area (TPSA) is 185 Å².